The Kier molecular flexibility index (Phi) is 11.5. The zero-order valence-corrected chi connectivity index (χ0v) is 10.2. The summed E-state index contributed by atoms with van der Waals surface area (Å²) in [5.74, 6) is 0.516. The van der Waals surface area contributed by atoms with Crippen molar-refractivity contribution in [3.63, 3.8) is 0 Å². The number of pyridine rings is 1. The summed E-state index contributed by atoms with van der Waals surface area (Å²) >= 11 is 0. The first kappa shape index (κ1) is 15.2. The van der Waals surface area contributed by atoms with Crippen LogP contribution < -0.4 is 0 Å². The molecule has 0 spiro atoms. The van der Waals surface area contributed by atoms with Crippen molar-refractivity contribution in [2.45, 2.75) is 33.6 Å². The summed E-state index contributed by atoms with van der Waals surface area (Å²) in [6, 6.07) is 6.71. The van der Waals surface area contributed by atoms with Crippen molar-refractivity contribution in [2.75, 3.05) is 0 Å². The molecule has 0 aliphatic heterocycles. The average molecular weight is 214 g/mol. The van der Waals surface area contributed by atoms with Crippen molar-refractivity contribution in [2.24, 2.45) is 0 Å². The number of aromatic nitrogens is 1. The zero-order valence-electron chi connectivity index (χ0n) is 8.78. The van der Waals surface area contributed by atoms with E-state index in [-0.39, 0.29) is 18.6 Å². The second kappa shape index (κ2) is 9.82. The molecule has 0 amide bonds. The predicted octanol–water partition coefficient (Wildman–Crippen LogP) is 3.23. The molecule has 0 aliphatic rings. The van der Waals surface area contributed by atoms with E-state index < -0.39 is 0 Å². The fourth-order valence-corrected chi connectivity index (χ4v) is 0.653. The molecule has 0 saturated heterocycles. The van der Waals surface area contributed by atoms with Crippen molar-refractivity contribution in [3.05, 3.63) is 36.5 Å². The average Bonchev–Trinajstić information content (AvgIpc) is 2.07. The van der Waals surface area contributed by atoms with E-state index in [0.717, 1.165) is 5.69 Å². The minimum atomic E-state index is 0. The summed E-state index contributed by atoms with van der Waals surface area (Å²) in [6.07, 6.45) is 3.77. The minimum Gasteiger partial charge on any atom is -0.387 e. The number of hydrogen-bond donors (Lipinski definition) is 0. The Hall–Kier alpha value is -0.266. The first-order chi connectivity index (χ1) is 5.72. The maximum Gasteiger partial charge on any atom is 2.00 e. The van der Waals surface area contributed by atoms with Crippen molar-refractivity contribution >= 4 is 0 Å². The third-order valence-electron chi connectivity index (χ3n) is 1.22. The van der Waals surface area contributed by atoms with Crippen LogP contribution in [0.4, 0.5) is 0 Å². The molecular weight excluding hydrogens is 197 g/mol. The Morgan fingerprint density at radius 1 is 1.38 bits per heavy atom. The first-order valence-corrected chi connectivity index (χ1v) is 4.28. The number of nitrogens with zero attached hydrogens (tertiary/aromatic N) is 1. The van der Waals surface area contributed by atoms with Crippen LogP contribution >= 0.6 is 0 Å². The Morgan fingerprint density at radius 3 is 2.15 bits per heavy atom. The largest absolute Gasteiger partial charge is 2.00 e. The van der Waals surface area contributed by atoms with Gasteiger partial charge in [0, 0.05) is 0 Å². The van der Waals surface area contributed by atoms with Gasteiger partial charge in [-0.05, 0) is 0 Å². The smallest absolute Gasteiger partial charge is 0.387 e. The third kappa shape index (κ3) is 8.08. The summed E-state index contributed by atoms with van der Waals surface area (Å²) in [7, 11) is 0. The normalized spacial score (nSPS) is 8.38. The van der Waals surface area contributed by atoms with Crippen LogP contribution in [0.5, 0.6) is 0 Å². The second-order valence-corrected chi connectivity index (χ2v) is 2.91. The fraction of sp³-hybridized carbons (Fsp3) is 0.455. The molecule has 0 aliphatic carbocycles. The van der Waals surface area contributed by atoms with Gasteiger partial charge in [-0.2, -0.15) is 32.0 Å². The van der Waals surface area contributed by atoms with Crippen LogP contribution in [0.2, 0.25) is 0 Å². The minimum absolute atomic E-state index is 0. The Bertz CT molecular complexity index is 185. The molecular formula is C11H17NV. The van der Waals surface area contributed by atoms with Gasteiger partial charge >= 0.3 is 18.6 Å². The van der Waals surface area contributed by atoms with Crippen LogP contribution in [-0.4, -0.2) is 4.98 Å². The van der Waals surface area contributed by atoms with E-state index in [9.17, 15) is 0 Å². The second-order valence-electron chi connectivity index (χ2n) is 2.91. The summed E-state index contributed by atoms with van der Waals surface area (Å²) in [5, 5.41) is 0. The Labute approximate surface area is 93.9 Å². The van der Waals surface area contributed by atoms with E-state index in [4.69, 9.17) is 0 Å². The number of rotatable bonds is 1. The SMILES string of the molecule is CC(C)c1c[c-]ccn1.C[CH-]C.[V+2]. The van der Waals surface area contributed by atoms with Crippen LogP contribution in [0.15, 0.2) is 18.3 Å². The molecule has 1 radical (unpaired) electrons. The maximum atomic E-state index is 4.15. The molecule has 1 nitrogen and oxygen atoms in total. The van der Waals surface area contributed by atoms with Crippen LogP contribution in [0.3, 0.4) is 0 Å². The van der Waals surface area contributed by atoms with Gasteiger partial charge in [0.1, 0.15) is 0 Å². The van der Waals surface area contributed by atoms with Crippen molar-refractivity contribution in [3.8, 4) is 0 Å². The molecule has 1 aromatic heterocycles. The van der Waals surface area contributed by atoms with Gasteiger partial charge in [-0.25, -0.2) is 0 Å². The monoisotopic (exact) mass is 214 g/mol. The molecule has 0 atom stereocenters. The van der Waals surface area contributed by atoms with E-state index in [0.29, 0.717) is 5.92 Å². The molecule has 0 aromatic carbocycles. The van der Waals surface area contributed by atoms with Crippen LogP contribution in [0.1, 0.15) is 39.3 Å². The predicted molar refractivity (Wildman–Crippen MR) is 52.8 cm³/mol. The quantitative estimate of drug-likeness (QED) is 0.654. The van der Waals surface area contributed by atoms with Gasteiger partial charge in [-0.15, -0.1) is 0 Å². The van der Waals surface area contributed by atoms with Crippen LogP contribution in [0.25, 0.3) is 0 Å². The van der Waals surface area contributed by atoms with E-state index in [2.05, 4.69) is 24.9 Å². The molecule has 1 rings (SSSR count). The number of hydrogen-bond acceptors (Lipinski definition) is 1. The van der Waals surface area contributed by atoms with Crippen molar-refractivity contribution < 1.29 is 18.6 Å². The van der Waals surface area contributed by atoms with Gasteiger partial charge < -0.3 is 11.4 Å². The van der Waals surface area contributed by atoms with E-state index >= 15 is 0 Å². The van der Waals surface area contributed by atoms with Crippen molar-refractivity contribution in [1.29, 1.82) is 0 Å². The summed E-state index contributed by atoms with van der Waals surface area (Å²) in [5.41, 5.74) is 1.11. The molecule has 0 unspecified atom stereocenters. The molecule has 0 fully saturated rings. The van der Waals surface area contributed by atoms with Crippen LogP contribution in [-0.2, 0) is 18.6 Å². The molecule has 1 heterocycles. The van der Waals surface area contributed by atoms with Gasteiger partial charge in [-0.3, -0.25) is 0 Å². The maximum absolute atomic E-state index is 4.15. The van der Waals surface area contributed by atoms with E-state index in [1.54, 1.807) is 6.20 Å². The molecule has 0 bridgehead atoms. The molecule has 1 aromatic rings. The fourth-order valence-electron chi connectivity index (χ4n) is 0.653. The standard InChI is InChI=1S/C8H10N.C3H7.V/c1-7(2)8-5-3-4-6-9-8;1-3-2;/h4-7H,1-2H3;3H,1-2H3;/q2*-1;+2. The molecule has 13 heavy (non-hydrogen) atoms. The zero-order chi connectivity index (χ0) is 9.40. The van der Waals surface area contributed by atoms with Crippen LogP contribution in [0, 0.1) is 12.5 Å². The first-order valence-electron chi connectivity index (χ1n) is 4.28. The molecule has 0 saturated carbocycles. The van der Waals surface area contributed by atoms with Gasteiger partial charge in [0.25, 0.3) is 0 Å². The molecule has 71 valence electrons. The van der Waals surface area contributed by atoms with Gasteiger partial charge in [-0.1, -0.05) is 31.7 Å². The van der Waals surface area contributed by atoms with Gasteiger partial charge in [0.05, 0.1) is 0 Å². The topological polar surface area (TPSA) is 12.9 Å². The van der Waals surface area contributed by atoms with E-state index in [1.807, 2.05) is 32.4 Å². The van der Waals surface area contributed by atoms with E-state index in [1.165, 1.54) is 0 Å². The summed E-state index contributed by atoms with van der Waals surface area (Å²) < 4.78 is 0. The van der Waals surface area contributed by atoms with Gasteiger partial charge in [0.2, 0.25) is 0 Å². The third-order valence-corrected chi connectivity index (χ3v) is 1.22. The summed E-state index contributed by atoms with van der Waals surface area (Å²) in [6.45, 7) is 8.24. The Morgan fingerprint density at radius 2 is 1.92 bits per heavy atom. The molecule has 2 heteroatoms. The summed E-state index contributed by atoms with van der Waals surface area (Å²) in [4.78, 5) is 4.15. The Balaban J connectivity index is 0. The molecule has 0 N–H and O–H groups in total. The van der Waals surface area contributed by atoms with Crippen molar-refractivity contribution in [1.82, 2.24) is 4.98 Å². The van der Waals surface area contributed by atoms with Gasteiger partial charge in [0.15, 0.2) is 0 Å².